The van der Waals surface area contributed by atoms with Gasteiger partial charge in [-0.3, -0.25) is 10.1 Å². The first-order valence-corrected chi connectivity index (χ1v) is 6.08. The van der Waals surface area contributed by atoms with Gasteiger partial charge in [-0.15, -0.1) is 0 Å². The Morgan fingerprint density at radius 1 is 1.65 bits per heavy atom. The molecule has 8 heteroatoms. The molecular weight excluding hydrogens is 266 g/mol. The maximum Gasteiger partial charge on any atom is 0.326 e. The number of pyridine rings is 1. The second-order valence-electron chi connectivity index (χ2n) is 4.66. The molecule has 2 unspecified atom stereocenters. The molecule has 0 spiro atoms. The van der Waals surface area contributed by atoms with Gasteiger partial charge in [0.25, 0.3) is 0 Å². The van der Waals surface area contributed by atoms with Gasteiger partial charge in [0.15, 0.2) is 0 Å². The van der Waals surface area contributed by atoms with Crippen molar-refractivity contribution in [1.29, 1.82) is 0 Å². The number of nitro groups is 1. The Hall–Kier alpha value is -2.22. The lowest BCUT2D eigenvalue weighted by molar-refractivity contribution is -0.384. The molecular formula is C12H15N3O5. The first-order valence-electron chi connectivity index (χ1n) is 6.08. The Morgan fingerprint density at radius 2 is 2.35 bits per heavy atom. The van der Waals surface area contributed by atoms with Gasteiger partial charge in [0.2, 0.25) is 5.82 Å². The number of carbonyl (C=O) groups is 1. The van der Waals surface area contributed by atoms with Crippen molar-refractivity contribution in [2.45, 2.75) is 25.5 Å². The van der Waals surface area contributed by atoms with E-state index in [1.807, 2.05) is 0 Å². The highest BCUT2D eigenvalue weighted by Crippen LogP contribution is 2.34. The van der Waals surface area contributed by atoms with Crippen molar-refractivity contribution in [2.75, 3.05) is 18.6 Å². The molecule has 20 heavy (non-hydrogen) atoms. The Labute approximate surface area is 115 Å². The lowest BCUT2D eigenvalue weighted by Gasteiger charge is -2.22. The predicted molar refractivity (Wildman–Crippen MR) is 69.8 cm³/mol. The standard InChI is InChI=1S/C12H15N3O5/c1-7-3-4-13-11(10(7)15(18)19)14-6-8(20-2)5-9(14)12(16)17/h3-4,8-9H,5-6H2,1-2H3,(H,16,17). The number of rotatable bonds is 4. The molecule has 0 amide bonds. The molecule has 1 aromatic heterocycles. The van der Waals surface area contributed by atoms with Crippen LogP contribution in [0.15, 0.2) is 12.3 Å². The largest absolute Gasteiger partial charge is 0.480 e. The summed E-state index contributed by atoms with van der Waals surface area (Å²) in [6.45, 7) is 1.87. The molecule has 1 saturated heterocycles. The van der Waals surface area contributed by atoms with Crippen LogP contribution in [0.5, 0.6) is 0 Å². The minimum absolute atomic E-state index is 0.0851. The molecule has 1 aliphatic heterocycles. The second-order valence-corrected chi connectivity index (χ2v) is 4.66. The second kappa shape index (κ2) is 5.41. The average Bonchev–Trinajstić information content (AvgIpc) is 2.82. The summed E-state index contributed by atoms with van der Waals surface area (Å²) >= 11 is 0. The van der Waals surface area contributed by atoms with Crippen LogP contribution in [-0.2, 0) is 9.53 Å². The highest BCUT2D eigenvalue weighted by Gasteiger charge is 2.40. The van der Waals surface area contributed by atoms with Crippen molar-refractivity contribution in [3.05, 3.63) is 27.9 Å². The Balaban J connectivity index is 2.47. The monoisotopic (exact) mass is 281 g/mol. The minimum atomic E-state index is -1.04. The van der Waals surface area contributed by atoms with Gasteiger partial charge in [0.1, 0.15) is 6.04 Å². The maximum atomic E-state index is 11.3. The van der Waals surface area contributed by atoms with Gasteiger partial charge >= 0.3 is 11.7 Å². The Bertz CT molecular complexity index is 548. The number of methoxy groups -OCH3 is 1. The number of hydrogen-bond donors (Lipinski definition) is 1. The molecule has 1 aliphatic rings. The zero-order chi connectivity index (χ0) is 14.9. The van der Waals surface area contributed by atoms with Crippen LogP contribution in [0.2, 0.25) is 0 Å². The molecule has 1 fully saturated rings. The van der Waals surface area contributed by atoms with Crippen molar-refractivity contribution in [2.24, 2.45) is 0 Å². The van der Waals surface area contributed by atoms with Gasteiger partial charge in [-0.25, -0.2) is 9.78 Å². The average molecular weight is 281 g/mol. The molecule has 2 atom stereocenters. The number of aliphatic carboxylic acids is 1. The fourth-order valence-corrected chi connectivity index (χ4v) is 2.41. The van der Waals surface area contributed by atoms with Crippen LogP contribution in [0.4, 0.5) is 11.5 Å². The summed E-state index contributed by atoms with van der Waals surface area (Å²) in [6.07, 6.45) is 1.44. The molecule has 0 bridgehead atoms. The number of hydrogen-bond acceptors (Lipinski definition) is 6. The summed E-state index contributed by atoms with van der Waals surface area (Å²) in [5, 5.41) is 20.4. The number of aromatic nitrogens is 1. The zero-order valence-electron chi connectivity index (χ0n) is 11.1. The molecule has 1 N–H and O–H groups in total. The van der Waals surface area contributed by atoms with E-state index in [-0.39, 0.29) is 30.6 Å². The third-order valence-corrected chi connectivity index (χ3v) is 3.44. The summed E-state index contributed by atoms with van der Waals surface area (Å²) in [4.78, 5) is 27.4. The molecule has 0 saturated carbocycles. The number of carboxylic acids is 1. The van der Waals surface area contributed by atoms with Gasteiger partial charge in [-0.2, -0.15) is 0 Å². The maximum absolute atomic E-state index is 11.3. The third kappa shape index (κ3) is 2.42. The Morgan fingerprint density at radius 3 is 2.90 bits per heavy atom. The molecule has 2 rings (SSSR count). The Kier molecular flexibility index (Phi) is 3.84. The van der Waals surface area contributed by atoms with E-state index < -0.39 is 16.9 Å². The van der Waals surface area contributed by atoms with Gasteiger partial charge in [0.05, 0.1) is 11.0 Å². The molecule has 0 aromatic carbocycles. The smallest absolute Gasteiger partial charge is 0.326 e. The number of ether oxygens (including phenoxy) is 1. The first-order chi connectivity index (χ1) is 9.45. The molecule has 108 valence electrons. The molecule has 0 radical (unpaired) electrons. The third-order valence-electron chi connectivity index (χ3n) is 3.44. The van der Waals surface area contributed by atoms with Crippen molar-refractivity contribution in [1.82, 2.24) is 4.98 Å². The SMILES string of the molecule is COC1CC(C(=O)O)N(c2nccc(C)c2[N+](=O)[O-])C1. The van der Waals surface area contributed by atoms with E-state index in [9.17, 15) is 20.0 Å². The highest BCUT2D eigenvalue weighted by atomic mass is 16.6. The fourth-order valence-electron chi connectivity index (χ4n) is 2.41. The van der Waals surface area contributed by atoms with E-state index in [0.29, 0.717) is 5.56 Å². The lowest BCUT2D eigenvalue weighted by Crippen LogP contribution is -2.37. The zero-order valence-corrected chi connectivity index (χ0v) is 11.1. The van der Waals surface area contributed by atoms with Crippen molar-refractivity contribution >= 4 is 17.5 Å². The van der Waals surface area contributed by atoms with Crippen LogP contribution < -0.4 is 4.90 Å². The van der Waals surface area contributed by atoms with E-state index in [1.165, 1.54) is 24.3 Å². The number of aryl methyl sites for hydroxylation is 1. The number of nitrogens with zero attached hydrogens (tertiary/aromatic N) is 3. The van der Waals surface area contributed by atoms with Crippen LogP contribution in [-0.4, -0.2) is 46.8 Å². The summed E-state index contributed by atoms with van der Waals surface area (Å²) in [7, 11) is 1.49. The van der Waals surface area contributed by atoms with Crippen LogP contribution in [0.3, 0.4) is 0 Å². The predicted octanol–water partition coefficient (Wildman–Crippen LogP) is 0.977. The highest BCUT2D eigenvalue weighted by molar-refractivity contribution is 5.80. The van der Waals surface area contributed by atoms with E-state index >= 15 is 0 Å². The van der Waals surface area contributed by atoms with E-state index in [1.54, 1.807) is 6.92 Å². The number of carboxylic acid groups (broad SMARTS) is 1. The van der Waals surface area contributed by atoms with Crippen LogP contribution in [0, 0.1) is 17.0 Å². The fraction of sp³-hybridized carbons (Fsp3) is 0.500. The topological polar surface area (TPSA) is 106 Å². The van der Waals surface area contributed by atoms with Gasteiger partial charge < -0.3 is 14.7 Å². The van der Waals surface area contributed by atoms with E-state index in [2.05, 4.69) is 4.98 Å². The molecule has 0 aliphatic carbocycles. The molecule has 1 aromatic rings. The van der Waals surface area contributed by atoms with Gasteiger partial charge in [-0.05, 0) is 13.0 Å². The van der Waals surface area contributed by atoms with Crippen LogP contribution >= 0.6 is 0 Å². The quantitative estimate of drug-likeness (QED) is 0.647. The molecule has 2 heterocycles. The summed E-state index contributed by atoms with van der Waals surface area (Å²) in [6, 6.07) is 0.661. The molecule has 8 nitrogen and oxygen atoms in total. The summed E-state index contributed by atoms with van der Waals surface area (Å²) in [5.41, 5.74) is 0.292. The normalized spacial score (nSPS) is 22.0. The van der Waals surface area contributed by atoms with Crippen molar-refractivity contribution in [3.8, 4) is 0 Å². The van der Waals surface area contributed by atoms with Gasteiger partial charge in [-0.1, -0.05) is 0 Å². The van der Waals surface area contributed by atoms with E-state index in [0.717, 1.165) is 0 Å². The van der Waals surface area contributed by atoms with E-state index in [4.69, 9.17) is 4.74 Å². The van der Waals surface area contributed by atoms with Crippen LogP contribution in [0.1, 0.15) is 12.0 Å². The lowest BCUT2D eigenvalue weighted by atomic mass is 10.2. The van der Waals surface area contributed by atoms with Crippen molar-refractivity contribution in [3.63, 3.8) is 0 Å². The first kappa shape index (κ1) is 14.2. The van der Waals surface area contributed by atoms with Gasteiger partial charge in [0, 0.05) is 31.8 Å². The minimum Gasteiger partial charge on any atom is -0.480 e. The number of anilines is 1. The summed E-state index contributed by atoms with van der Waals surface area (Å²) < 4.78 is 5.17. The van der Waals surface area contributed by atoms with Crippen LogP contribution in [0.25, 0.3) is 0 Å². The summed E-state index contributed by atoms with van der Waals surface area (Å²) in [5.74, 6) is -0.955. The van der Waals surface area contributed by atoms with Crippen molar-refractivity contribution < 1.29 is 19.6 Å².